The van der Waals surface area contributed by atoms with Gasteiger partial charge in [0.15, 0.2) is 9.84 Å². The lowest BCUT2D eigenvalue weighted by atomic mass is 10.2. The molecule has 1 N–H and O–H groups in total. The van der Waals surface area contributed by atoms with E-state index in [9.17, 15) is 13.2 Å². The molecule has 4 aromatic rings. The summed E-state index contributed by atoms with van der Waals surface area (Å²) in [5.41, 5.74) is 1.46. The van der Waals surface area contributed by atoms with Crippen LogP contribution in [0, 0.1) is 0 Å². The van der Waals surface area contributed by atoms with Crippen molar-refractivity contribution in [3.63, 3.8) is 0 Å². The molecule has 0 saturated carbocycles. The lowest BCUT2D eigenvalue weighted by Crippen LogP contribution is -2.18. The lowest BCUT2D eigenvalue weighted by Gasteiger charge is -2.09. The molecule has 0 atom stereocenters. The van der Waals surface area contributed by atoms with Crippen molar-refractivity contribution in [1.82, 2.24) is 9.55 Å². The molecule has 0 radical (unpaired) electrons. The molecular formula is C21H19N3O4S2. The van der Waals surface area contributed by atoms with Crippen LogP contribution >= 0.6 is 11.3 Å². The van der Waals surface area contributed by atoms with E-state index in [1.165, 1.54) is 23.5 Å². The Morgan fingerprint density at radius 2 is 1.97 bits per heavy atom. The number of methoxy groups -OCH3 is 1. The number of carbonyl (C=O) groups excluding carboxylic acids is 1. The topological polar surface area (TPSA) is 90.3 Å². The van der Waals surface area contributed by atoms with E-state index in [-0.39, 0.29) is 23.1 Å². The van der Waals surface area contributed by atoms with Crippen molar-refractivity contribution in [3.05, 3.63) is 71.3 Å². The molecule has 7 nitrogen and oxygen atoms in total. The predicted molar refractivity (Wildman–Crippen MR) is 117 cm³/mol. The van der Waals surface area contributed by atoms with Gasteiger partial charge in [0.2, 0.25) is 5.91 Å². The third kappa shape index (κ3) is 4.37. The molecule has 0 saturated heterocycles. The van der Waals surface area contributed by atoms with Gasteiger partial charge in [0, 0.05) is 34.4 Å². The number of aromatic nitrogens is 2. The van der Waals surface area contributed by atoms with Crippen LogP contribution in [0.5, 0.6) is 5.75 Å². The van der Waals surface area contributed by atoms with Crippen molar-refractivity contribution in [2.24, 2.45) is 0 Å². The quantitative estimate of drug-likeness (QED) is 0.472. The van der Waals surface area contributed by atoms with Crippen molar-refractivity contribution in [2.45, 2.75) is 17.2 Å². The summed E-state index contributed by atoms with van der Waals surface area (Å²) in [6, 6.07) is 13.8. The second kappa shape index (κ2) is 8.29. The highest BCUT2D eigenvalue weighted by Gasteiger charge is 2.17. The van der Waals surface area contributed by atoms with Crippen molar-refractivity contribution >= 4 is 43.7 Å². The van der Waals surface area contributed by atoms with Crippen LogP contribution in [0.25, 0.3) is 10.9 Å². The Bertz CT molecular complexity index is 1280. The summed E-state index contributed by atoms with van der Waals surface area (Å²) in [4.78, 5) is 16.7. The fraction of sp³-hybridized carbons (Fsp3) is 0.143. The minimum Gasteiger partial charge on any atom is -0.497 e. The largest absolute Gasteiger partial charge is 0.497 e. The van der Waals surface area contributed by atoms with Crippen LogP contribution in [0.2, 0.25) is 0 Å². The fourth-order valence-corrected chi connectivity index (χ4v) is 5.37. The summed E-state index contributed by atoms with van der Waals surface area (Å²) in [5, 5.41) is 6.07. The van der Waals surface area contributed by atoms with E-state index in [1.54, 1.807) is 30.8 Å². The maximum Gasteiger partial charge on any atom is 0.244 e. The Kier molecular flexibility index (Phi) is 5.56. The van der Waals surface area contributed by atoms with E-state index in [2.05, 4.69) is 10.3 Å². The van der Waals surface area contributed by atoms with Crippen molar-refractivity contribution in [1.29, 1.82) is 0 Å². The number of benzene rings is 2. The maximum atomic E-state index is 12.5. The summed E-state index contributed by atoms with van der Waals surface area (Å²) in [7, 11) is -1.87. The van der Waals surface area contributed by atoms with Gasteiger partial charge in [0.25, 0.3) is 0 Å². The molecule has 2 aromatic carbocycles. The first kappa shape index (κ1) is 20.1. The number of fused-ring (bicyclic) bond motifs is 1. The molecule has 4 rings (SSSR count). The minimum atomic E-state index is -3.48. The second-order valence-corrected chi connectivity index (χ2v) is 9.59. The average Bonchev–Trinajstić information content (AvgIpc) is 3.37. The first-order valence-electron chi connectivity index (χ1n) is 9.08. The Labute approximate surface area is 177 Å². The molecule has 9 heteroatoms. The van der Waals surface area contributed by atoms with Gasteiger partial charge in [-0.1, -0.05) is 0 Å². The molecule has 1 amide bonds. The average molecular weight is 442 g/mol. The molecule has 0 aliphatic carbocycles. The van der Waals surface area contributed by atoms with Gasteiger partial charge < -0.3 is 14.6 Å². The number of rotatable bonds is 7. The highest BCUT2D eigenvalue weighted by molar-refractivity contribution is 7.90. The number of hydrogen-bond acceptors (Lipinski definition) is 6. The number of ether oxygens (including phenoxy) is 1. The van der Waals surface area contributed by atoms with E-state index in [0.29, 0.717) is 10.7 Å². The van der Waals surface area contributed by atoms with Crippen LogP contribution in [-0.4, -0.2) is 31.0 Å². The molecule has 0 fully saturated rings. The molecule has 2 aromatic heterocycles. The van der Waals surface area contributed by atoms with Crippen LogP contribution < -0.4 is 10.1 Å². The van der Waals surface area contributed by atoms with E-state index in [0.717, 1.165) is 16.7 Å². The molecule has 30 heavy (non-hydrogen) atoms. The standard InChI is InChI=1S/C21H19N3O4S2/c1-28-17-4-7-19-15(12-17)8-10-24(19)13-20(25)23-16-2-5-18(6-3-16)30(26,27)14-21-22-9-11-29-21/h2-12H,13-14H2,1H3,(H,23,25). The number of sulfone groups is 1. The van der Waals surface area contributed by atoms with Crippen molar-refractivity contribution < 1.29 is 17.9 Å². The minimum absolute atomic E-state index is 0.137. The monoisotopic (exact) mass is 441 g/mol. The van der Waals surface area contributed by atoms with Crippen LogP contribution in [0.1, 0.15) is 5.01 Å². The Morgan fingerprint density at radius 1 is 1.17 bits per heavy atom. The number of nitrogens with one attached hydrogen (secondary N) is 1. The fourth-order valence-electron chi connectivity index (χ4n) is 3.11. The highest BCUT2D eigenvalue weighted by atomic mass is 32.2. The van der Waals surface area contributed by atoms with Gasteiger partial charge in [-0.2, -0.15) is 0 Å². The lowest BCUT2D eigenvalue weighted by molar-refractivity contribution is -0.116. The van der Waals surface area contributed by atoms with Gasteiger partial charge in [-0.15, -0.1) is 11.3 Å². The molecule has 2 heterocycles. The summed E-state index contributed by atoms with van der Waals surface area (Å²) in [6.07, 6.45) is 3.43. The van der Waals surface area contributed by atoms with Gasteiger partial charge in [-0.3, -0.25) is 4.79 Å². The molecule has 0 unspecified atom stereocenters. The van der Waals surface area contributed by atoms with Gasteiger partial charge in [0.1, 0.15) is 23.1 Å². The first-order valence-corrected chi connectivity index (χ1v) is 11.6. The van der Waals surface area contributed by atoms with Gasteiger partial charge >= 0.3 is 0 Å². The highest BCUT2D eigenvalue weighted by Crippen LogP contribution is 2.22. The third-order valence-electron chi connectivity index (χ3n) is 4.59. The van der Waals surface area contributed by atoms with Crippen molar-refractivity contribution in [2.75, 3.05) is 12.4 Å². The zero-order valence-electron chi connectivity index (χ0n) is 16.1. The summed E-state index contributed by atoms with van der Waals surface area (Å²) in [5.74, 6) is 0.415. The van der Waals surface area contributed by atoms with Gasteiger partial charge in [0.05, 0.1) is 12.0 Å². The SMILES string of the molecule is COc1ccc2c(ccn2CC(=O)Nc2ccc(S(=O)(=O)Cc3nccs3)cc2)c1. The smallest absolute Gasteiger partial charge is 0.244 e. The molecule has 0 bridgehead atoms. The van der Waals surface area contributed by atoms with E-state index < -0.39 is 9.84 Å². The van der Waals surface area contributed by atoms with Crippen LogP contribution in [0.3, 0.4) is 0 Å². The Morgan fingerprint density at radius 3 is 2.67 bits per heavy atom. The van der Waals surface area contributed by atoms with Gasteiger partial charge in [-0.25, -0.2) is 13.4 Å². The summed E-state index contributed by atoms with van der Waals surface area (Å²) < 4.78 is 32.0. The Hall–Kier alpha value is -3.17. The van der Waals surface area contributed by atoms with E-state index >= 15 is 0 Å². The zero-order valence-corrected chi connectivity index (χ0v) is 17.7. The van der Waals surface area contributed by atoms with Gasteiger partial charge in [-0.05, 0) is 48.5 Å². The predicted octanol–water partition coefficient (Wildman–Crippen LogP) is 3.72. The number of nitrogens with zero attached hydrogens (tertiary/aromatic N) is 2. The molecule has 0 spiro atoms. The normalized spacial score (nSPS) is 11.5. The Balaban J connectivity index is 1.43. The zero-order chi connectivity index (χ0) is 21.1. The number of thiazole rings is 1. The number of anilines is 1. The summed E-state index contributed by atoms with van der Waals surface area (Å²) >= 11 is 1.30. The number of amides is 1. The number of carbonyl (C=O) groups is 1. The molecule has 154 valence electrons. The molecule has 0 aliphatic heterocycles. The van der Waals surface area contributed by atoms with Crippen molar-refractivity contribution in [3.8, 4) is 5.75 Å². The van der Waals surface area contributed by atoms with E-state index in [4.69, 9.17) is 4.74 Å². The first-order chi connectivity index (χ1) is 14.4. The molecule has 0 aliphatic rings. The summed E-state index contributed by atoms with van der Waals surface area (Å²) in [6.45, 7) is 0.139. The second-order valence-electron chi connectivity index (χ2n) is 6.63. The maximum absolute atomic E-state index is 12.5. The van der Waals surface area contributed by atoms with E-state index in [1.807, 2.05) is 35.0 Å². The van der Waals surface area contributed by atoms with Crippen LogP contribution in [-0.2, 0) is 26.9 Å². The molecular weight excluding hydrogens is 422 g/mol. The number of hydrogen-bond donors (Lipinski definition) is 1. The van der Waals surface area contributed by atoms with Crippen LogP contribution in [0.15, 0.2) is 71.2 Å². The third-order valence-corrected chi connectivity index (χ3v) is 7.19. The van der Waals surface area contributed by atoms with Crippen LogP contribution in [0.4, 0.5) is 5.69 Å².